The molecule has 0 saturated carbocycles. The third kappa shape index (κ3) is 5.78. The summed E-state index contributed by atoms with van der Waals surface area (Å²) in [7, 11) is 0. The van der Waals surface area contributed by atoms with Gasteiger partial charge in [0, 0.05) is 29.9 Å². The number of hydrogen-bond donors (Lipinski definition) is 2. The lowest BCUT2D eigenvalue weighted by Gasteiger charge is -2.24. The largest absolute Gasteiger partial charge is 0.334 e. The summed E-state index contributed by atoms with van der Waals surface area (Å²) >= 11 is 0. The van der Waals surface area contributed by atoms with Crippen LogP contribution >= 0.6 is 0 Å². The number of hydrogen-bond acceptors (Lipinski definition) is 4. The van der Waals surface area contributed by atoms with Gasteiger partial charge in [-0.15, -0.1) is 0 Å². The number of amides is 2. The zero-order valence-corrected chi connectivity index (χ0v) is 17.4. The summed E-state index contributed by atoms with van der Waals surface area (Å²) in [6, 6.07) is 21.1. The van der Waals surface area contributed by atoms with Crippen molar-refractivity contribution in [1.29, 1.82) is 5.26 Å². The lowest BCUT2D eigenvalue weighted by Crippen LogP contribution is -2.33. The molecule has 0 atom stereocenters. The average Bonchev–Trinajstić information content (AvgIpc) is 2.82. The van der Waals surface area contributed by atoms with E-state index < -0.39 is 11.7 Å². The highest BCUT2D eigenvalue weighted by atomic mass is 19.1. The van der Waals surface area contributed by atoms with E-state index in [1.54, 1.807) is 41.3 Å². The van der Waals surface area contributed by atoms with Gasteiger partial charge in [-0.25, -0.2) is 4.39 Å². The maximum Gasteiger partial charge on any atom is 0.255 e. The minimum Gasteiger partial charge on any atom is -0.334 e. The van der Waals surface area contributed by atoms with E-state index in [-0.39, 0.29) is 18.0 Å². The molecule has 0 heterocycles. The summed E-state index contributed by atoms with van der Waals surface area (Å²) in [5.74, 6) is -1.13. The van der Waals surface area contributed by atoms with Crippen molar-refractivity contribution in [3.8, 4) is 6.07 Å². The number of nitriles is 1. The number of nitrogens with zero attached hydrogens (tertiary/aromatic N) is 2. The number of rotatable bonds is 8. The Morgan fingerprint density at radius 2 is 1.75 bits per heavy atom. The van der Waals surface area contributed by atoms with Gasteiger partial charge < -0.3 is 16.0 Å². The summed E-state index contributed by atoms with van der Waals surface area (Å²) in [5.41, 5.74) is 8.06. The number of carbonyl (C=O) groups excluding carboxylic acids is 2. The van der Waals surface area contributed by atoms with Gasteiger partial charge in [0.2, 0.25) is 0 Å². The van der Waals surface area contributed by atoms with Gasteiger partial charge in [0.05, 0.1) is 11.6 Å². The number of nitrogens with one attached hydrogen (secondary N) is 1. The highest BCUT2D eigenvalue weighted by Gasteiger charge is 2.18. The fourth-order valence-corrected chi connectivity index (χ4v) is 3.21. The van der Waals surface area contributed by atoms with Crippen LogP contribution < -0.4 is 11.1 Å². The van der Waals surface area contributed by atoms with Gasteiger partial charge >= 0.3 is 0 Å². The summed E-state index contributed by atoms with van der Waals surface area (Å²) in [6.07, 6.45) is 0.611. The molecule has 0 aliphatic heterocycles. The molecule has 3 aromatic carbocycles. The average molecular weight is 430 g/mol. The fourth-order valence-electron chi connectivity index (χ4n) is 3.21. The maximum absolute atomic E-state index is 13.5. The maximum atomic E-state index is 13.5. The van der Waals surface area contributed by atoms with Crippen LogP contribution in [0, 0.1) is 17.1 Å². The lowest BCUT2D eigenvalue weighted by molar-refractivity contribution is 0.0742. The molecule has 3 rings (SSSR count). The molecule has 0 aliphatic carbocycles. The van der Waals surface area contributed by atoms with Gasteiger partial charge in [0.25, 0.3) is 11.8 Å². The van der Waals surface area contributed by atoms with Crippen LogP contribution in [-0.4, -0.2) is 29.8 Å². The van der Waals surface area contributed by atoms with Crippen molar-refractivity contribution >= 4 is 17.5 Å². The van der Waals surface area contributed by atoms with Crippen LogP contribution in [0.1, 0.15) is 38.3 Å². The quantitative estimate of drug-likeness (QED) is 0.565. The molecular formula is C25H23FN4O2. The molecule has 6 nitrogen and oxygen atoms in total. The van der Waals surface area contributed by atoms with Crippen LogP contribution in [0.4, 0.5) is 10.1 Å². The molecule has 0 radical (unpaired) electrons. The van der Waals surface area contributed by atoms with E-state index >= 15 is 0 Å². The second-order valence-corrected chi connectivity index (χ2v) is 7.18. The summed E-state index contributed by atoms with van der Waals surface area (Å²) in [6.45, 7) is 1.11. The predicted molar refractivity (Wildman–Crippen MR) is 120 cm³/mol. The molecule has 0 spiro atoms. The number of nitrogens with two attached hydrogens (primary N) is 1. The highest BCUT2D eigenvalue weighted by molar-refractivity contribution is 6.04. The molecule has 3 aromatic rings. The van der Waals surface area contributed by atoms with Crippen molar-refractivity contribution in [1.82, 2.24) is 4.90 Å². The van der Waals surface area contributed by atoms with Gasteiger partial charge in [-0.05, 0) is 67.1 Å². The van der Waals surface area contributed by atoms with Crippen LogP contribution in [0.5, 0.6) is 0 Å². The Labute approximate surface area is 186 Å². The van der Waals surface area contributed by atoms with Gasteiger partial charge in [-0.2, -0.15) is 5.26 Å². The van der Waals surface area contributed by atoms with Crippen molar-refractivity contribution in [3.63, 3.8) is 0 Å². The molecule has 0 aliphatic rings. The third-order valence-electron chi connectivity index (χ3n) is 4.89. The topological polar surface area (TPSA) is 99.2 Å². The summed E-state index contributed by atoms with van der Waals surface area (Å²) in [5, 5.41) is 11.8. The molecule has 0 saturated heterocycles. The SMILES string of the molecule is N#Cc1ccc(C(=O)N(CCCN)Cc2ccccc2NC(=O)c2cccc(F)c2)cc1. The van der Waals surface area contributed by atoms with Crippen molar-refractivity contribution in [2.75, 3.05) is 18.4 Å². The zero-order chi connectivity index (χ0) is 22.9. The predicted octanol–water partition coefficient (Wildman–Crippen LogP) is 3.94. The van der Waals surface area contributed by atoms with E-state index in [4.69, 9.17) is 11.0 Å². The molecule has 2 amide bonds. The number of para-hydroxylation sites is 1. The molecule has 0 fully saturated rings. The number of halogens is 1. The number of carbonyl (C=O) groups is 2. The van der Waals surface area contributed by atoms with Gasteiger partial charge in [0.15, 0.2) is 0 Å². The Hall–Kier alpha value is -4.02. The first-order valence-electron chi connectivity index (χ1n) is 10.2. The van der Waals surface area contributed by atoms with Crippen LogP contribution in [0.15, 0.2) is 72.8 Å². The second-order valence-electron chi connectivity index (χ2n) is 7.18. The van der Waals surface area contributed by atoms with Crippen LogP contribution in [0.25, 0.3) is 0 Å². The third-order valence-corrected chi connectivity index (χ3v) is 4.89. The lowest BCUT2D eigenvalue weighted by atomic mass is 10.1. The smallest absolute Gasteiger partial charge is 0.255 e. The van der Waals surface area contributed by atoms with Crippen LogP contribution in [0.2, 0.25) is 0 Å². The normalized spacial score (nSPS) is 10.3. The van der Waals surface area contributed by atoms with Crippen LogP contribution in [0.3, 0.4) is 0 Å². The van der Waals surface area contributed by atoms with E-state index in [9.17, 15) is 14.0 Å². The van der Waals surface area contributed by atoms with Crippen molar-refractivity contribution in [3.05, 3.63) is 101 Å². The highest BCUT2D eigenvalue weighted by Crippen LogP contribution is 2.20. The molecule has 0 aromatic heterocycles. The molecule has 3 N–H and O–H groups in total. The van der Waals surface area contributed by atoms with E-state index in [0.717, 1.165) is 5.56 Å². The van der Waals surface area contributed by atoms with E-state index in [0.29, 0.717) is 36.3 Å². The minimum atomic E-state index is -0.494. The Morgan fingerprint density at radius 3 is 2.44 bits per heavy atom. The van der Waals surface area contributed by atoms with Gasteiger partial charge in [-0.1, -0.05) is 24.3 Å². The van der Waals surface area contributed by atoms with E-state index in [2.05, 4.69) is 5.32 Å². The van der Waals surface area contributed by atoms with Gasteiger partial charge in [-0.3, -0.25) is 9.59 Å². The number of benzene rings is 3. The monoisotopic (exact) mass is 430 g/mol. The Kier molecular flexibility index (Phi) is 7.68. The Bertz CT molecular complexity index is 1140. The minimum absolute atomic E-state index is 0.200. The van der Waals surface area contributed by atoms with Crippen molar-refractivity contribution in [2.24, 2.45) is 5.73 Å². The fraction of sp³-hybridized carbons (Fsp3) is 0.160. The Morgan fingerprint density at radius 1 is 1.00 bits per heavy atom. The molecular weight excluding hydrogens is 407 g/mol. The summed E-state index contributed by atoms with van der Waals surface area (Å²) < 4.78 is 13.5. The molecule has 32 heavy (non-hydrogen) atoms. The van der Waals surface area contributed by atoms with Crippen molar-refractivity contribution in [2.45, 2.75) is 13.0 Å². The first-order valence-corrected chi connectivity index (χ1v) is 10.2. The zero-order valence-electron chi connectivity index (χ0n) is 17.4. The molecule has 0 bridgehead atoms. The molecule has 7 heteroatoms. The van der Waals surface area contributed by atoms with E-state index in [1.807, 2.05) is 18.2 Å². The van der Waals surface area contributed by atoms with Crippen LogP contribution in [-0.2, 0) is 6.54 Å². The molecule has 0 unspecified atom stereocenters. The second kappa shape index (κ2) is 10.8. The van der Waals surface area contributed by atoms with Crippen molar-refractivity contribution < 1.29 is 14.0 Å². The standard InChI is InChI=1S/C25H23FN4O2/c26-22-7-3-6-20(15-22)24(31)29-23-8-2-1-5-21(23)17-30(14-4-13-27)25(32)19-11-9-18(16-28)10-12-19/h1-3,5-12,15H,4,13-14,17,27H2,(H,29,31). The molecule has 162 valence electrons. The Balaban J connectivity index is 1.82. The first kappa shape index (κ1) is 22.7. The van der Waals surface area contributed by atoms with E-state index in [1.165, 1.54) is 24.3 Å². The summed E-state index contributed by atoms with van der Waals surface area (Å²) in [4.78, 5) is 27.4. The van der Waals surface area contributed by atoms with Gasteiger partial charge in [0.1, 0.15) is 5.82 Å². The first-order chi connectivity index (χ1) is 15.5. The number of anilines is 1.